The second kappa shape index (κ2) is 2.48. The van der Waals surface area contributed by atoms with E-state index in [2.05, 4.69) is 16.0 Å². The van der Waals surface area contributed by atoms with Crippen molar-refractivity contribution >= 4 is 10.9 Å². The van der Waals surface area contributed by atoms with Crippen LogP contribution in [0.5, 0.6) is 0 Å². The summed E-state index contributed by atoms with van der Waals surface area (Å²) in [6.45, 7) is 0. The lowest BCUT2D eigenvalue weighted by Gasteiger charge is -2.04. The van der Waals surface area contributed by atoms with Crippen molar-refractivity contribution in [3.8, 4) is 0 Å². The van der Waals surface area contributed by atoms with E-state index >= 15 is 0 Å². The van der Waals surface area contributed by atoms with E-state index in [1.54, 1.807) is 0 Å². The summed E-state index contributed by atoms with van der Waals surface area (Å²) in [7, 11) is 0. The van der Waals surface area contributed by atoms with Crippen LogP contribution in [0.3, 0.4) is 0 Å². The summed E-state index contributed by atoms with van der Waals surface area (Å²) in [5.41, 5.74) is -0.502. The standard InChI is InChI=1S/C8H4F3N2/c9-8(10,11)7-3-6-5(4-13-7)1-2-12-6/h2-4,12H. The first kappa shape index (κ1) is 8.10. The maximum Gasteiger partial charge on any atom is 0.433 e. The normalized spacial score (nSPS) is 12.2. The van der Waals surface area contributed by atoms with E-state index in [9.17, 15) is 13.2 Å². The third-order valence-corrected chi connectivity index (χ3v) is 1.65. The molecule has 0 amide bonds. The molecule has 67 valence electrons. The van der Waals surface area contributed by atoms with Crippen LogP contribution in [0, 0.1) is 6.07 Å². The molecule has 0 bridgehead atoms. The number of pyridine rings is 1. The number of nitrogens with one attached hydrogen (secondary N) is 1. The molecule has 2 aromatic heterocycles. The number of aromatic nitrogens is 2. The van der Waals surface area contributed by atoms with E-state index in [0.717, 1.165) is 12.3 Å². The smallest absolute Gasteiger partial charge is 0.360 e. The lowest BCUT2D eigenvalue weighted by atomic mass is 10.3. The molecule has 5 heteroatoms. The number of hydrogen-bond donors (Lipinski definition) is 1. The molecule has 13 heavy (non-hydrogen) atoms. The van der Waals surface area contributed by atoms with Crippen LogP contribution in [0.15, 0.2) is 18.5 Å². The summed E-state index contributed by atoms with van der Waals surface area (Å²) in [5.74, 6) is 0. The Bertz CT molecular complexity index is 430. The molecule has 1 N–H and O–H groups in total. The van der Waals surface area contributed by atoms with Gasteiger partial charge in [-0.05, 0) is 6.07 Å². The fraction of sp³-hybridized carbons (Fsp3) is 0.125. The van der Waals surface area contributed by atoms with E-state index < -0.39 is 11.9 Å². The zero-order valence-corrected chi connectivity index (χ0v) is 6.31. The molecule has 0 aliphatic rings. The first-order valence-corrected chi connectivity index (χ1v) is 3.49. The van der Waals surface area contributed by atoms with Crippen molar-refractivity contribution in [2.24, 2.45) is 0 Å². The van der Waals surface area contributed by atoms with Crippen LogP contribution >= 0.6 is 0 Å². The summed E-state index contributed by atoms with van der Waals surface area (Å²) in [6.07, 6.45) is -1.79. The Balaban J connectivity index is 2.61. The van der Waals surface area contributed by atoms with E-state index in [0.29, 0.717) is 10.9 Å². The molecule has 0 saturated carbocycles. The SMILES string of the molecule is FC(F)(F)c1cc2[nH]c[c]c2cn1. The Morgan fingerprint density at radius 3 is 2.85 bits per heavy atom. The highest BCUT2D eigenvalue weighted by Gasteiger charge is 2.32. The number of fused-ring (bicyclic) bond motifs is 1. The van der Waals surface area contributed by atoms with Crippen LogP contribution < -0.4 is 0 Å². The molecule has 0 aromatic carbocycles. The Morgan fingerprint density at radius 1 is 1.38 bits per heavy atom. The van der Waals surface area contributed by atoms with Gasteiger partial charge in [-0.1, -0.05) is 0 Å². The predicted octanol–water partition coefficient (Wildman–Crippen LogP) is 2.38. The third kappa shape index (κ3) is 1.37. The fourth-order valence-corrected chi connectivity index (χ4v) is 1.04. The lowest BCUT2D eigenvalue weighted by molar-refractivity contribution is -0.141. The molecular weight excluding hydrogens is 181 g/mol. The molecule has 0 unspecified atom stereocenters. The number of aromatic amines is 1. The van der Waals surface area contributed by atoms with Crippen LogP contribution in [0.1, 0.15) is 5.69 Å². The predicted molar refractivity (Wildman–Crippen MR) is 39.9 cm³/mol. The summed E-state index contributed by atoms with van der Waals surface area (Å²) in [5, 5.41) is 0.549. The van der Waals surface area contributed by atoms with Gasteiger partial charge in [-0.15, -0.1) is 0 Å². The van der Waals surface area contributed by atoms with Crippen LogP contribution in [0.2, 0.25) is 0 Å². The Morgan fingerprint density at radius 2 is 2.15 bits per heavy atom. The third-order valence-electron chi connectivity index (χ3n) is 1.65. The van der Waals surface area contributed by atoms with Crippen molar-refractivity contribution in [2.75, 3.05) is 0 Å². The highest BCUT2D eigenvalue weighted by molar-refractivity contribution is 5.77. The molecule has 1 radical (unpaired) electrons. The van der Waals surface area contributed by atoms with E-state index in [1.807, 2.05) is 0 Å². The van der Waals surface area contributed by atoms with Gasteiger partial charge in [-0.25, -0.2) is 0 Å². The minimum atomic E-state index is -4.39. The molecule has 0 aliphatic carbocycles. The highest BCUT2D eigenvalue weighted by Crippen LogP contribution is 2.28. The molecule has 0 aliphatic heterocycles. The van der Waals surface area contributed by atoms with Gasteiger partial charge in [0.25, 0.3) is 0 Å². The van der Waals surface area contributed by atoms with Crippen LogP contribution in [0.25, 0.3) is 10.9 Å². The Hall–Kier alpha value is -1.52. The van der Waals surface area contributed by atoms with E-state index in [-0.39, 0.29) is 0 Å². The van der Waals surface area contributed by atoms with Crippen molar-refractivity contribution in [1.82, 2.24) is 9.97 Å². The number of nitrogens with zero attached hydrogens (tertiary/aromatic N) is 1. The maximum atomic E-state index is 12.1. The topological polar surface area (TPSA) is 28.7 Å². The first-order valence-electron chi connectivity index (χ1n) is 3.49. The Kier molecular flexibility index (Phi) is 1.55. The number of halogens is 3. The molecule has 2 heterocycles. The van der Waals surface area contributed by atoms with Gasteiger partial charge in [0.1, 0.15) is 5.69 Å². The van der Waals surface area contributed by atoms with Crippen molar-refractivity contribution in [1.29, 1.82) is 0 Å². The van der Waals surface area contributed by atoms with Crippen molar-refractivity contribution in [3.63, 3.8) is 0 Å². The van der Waals surface area contributed by atoms with Gasteiger partial charge in [-0.3, -0.25) is 4.98 Å². The molecule has 0 fully saturated rings. The van der Waals surface area contributed by atoms with E-state index in [4.69, 9.17) is 0 Å². The highest BCUT2D eigenvalue weighted by atomic mass is 19.4. The van der Waals surface area contributed by atoms with Crippen molar-refractivity contribution < 1.29 is 13.2 Å². The number of H-pyrrole nitrogens is 1. The minimum Gasteiger partial charge on any atom is -0.360 e. The summed E-state index contributed by atoms with van der Waals surface area (Å²) >= 11 is 0. The zero-order valence-electron chi connectivity index (χ0n) is 6.31. The number of rotatable bonds is 0. The van der Waals surface area contributed by atoms with Gasteiger partial charge in [-0.2, -0.15) is 13.2 Å². The van der Waals surface area contributed by atoms with Crippen LogP contribution in [-0.2, 0) is 6.18 Å². The molecule has 0 spiro atoms. The minimum absolute atomic E-state index is 0.391. The quantitative estimate of drug-likeness (QED) is 0.670. The summed E-state index contributed by atoms with van der Waals surface area (Å²) < 4.78 is 36.4. The van der Waals surface area contributed by atoms with E-state index in [1.165, 1.54) is 6.20 Å². The van der Waals surface area contributed by atoms with Gasteiger partial charge in [0, 0.05) is 29.4 Å². The van der Waals surface area contributed by atoms with Gasteiger partial charge in [0.15, 0.2) is 0 Å². The fourth-order valence-electron chi connectivity index (χ4n) is 1.04. The largest absolute Gasteiger partial charge is 0.433 e. The molecule has 0 saturated heterocycles. The van der Waals surface area contributed by atoms with Gasteiger partial charge >= 0.3 is 6.18 Å². The molecular formula is C8H4F3N2. The molecule has 2 aromatic rings. The lowest BCUT2D eigenvalue weighted by Crippen LogP contribution is -2.07. The number of alkyl halides is 3. The second-order valence-corrected chi connectivity index (χ2v) is 2.55. The van der Waals surface area contributed by atoms with Gasteiger partial charge in [0.2, 0.25) is 0 Å². The maximum absolute atomic E-state index is 12.1. The summed E-state index contributed by atoms with van der Waals surface area (Å²) in [4.78, 5) is 5.91. The molecule has 2 nitrogen and oxygen atoms in total. The summed E-state index contributed by atoms with van der Waals surface area (Å²) in [6, 6.07) is 3.68. The molecule has 2 rings (SSSR count). The zero-order chi connectivity index (χ0) is 9.47. The van der Waals surface area contributed by atoms with Crippen molar-refractivity contribution in [3.05, 3.63) is 30.2 Å². The number of hydrogen-bond acceptors (Lipinski definition) is 1. The average Bonchev–Trinajstić information content (AvgIpc) is 2.47. The molecule has 0 atom stereocenters. The van der Waals surface area contributed by atoms with Gasteiger partial charge < -0.3 is 4.98 Å². The monoisotopic (exact) mass is 185 g/mol. The van der Waals surface area contributed by atoms with Crippen molar-refractivity contribution in [2.45, 2.75) is 6.18 Å². The average molecular weight is 185 g/mol. The van der Waals surface area contributed by atoms with Crippen LogP contribution in [0.4, 0.5) is 13.2 Å². The first-order chi connectivity index (χ1) is 6.07. The Labute approximate surface area is 71.4 Å². The van der Waals surface area contributed by atoms with Gasteiger partial charge in [0.05, 0.1) is 0 Å². The van der Waals surface area contributed by atoms with Crippen LogP contribution in [-0.4, -0.2) is 9.97 Å². The second-order valence-electron chi connectivity index (χ2n) is 2.55.